The van der Waals surface area contributed by atoms with E-state index in [1.54, 1.807) is 6.07 Å². The van der Waals surface area contributed by atoms with Crippen LogP contribution >= 0.6 is 0 Å². The maximum Gasteiger partial charge on any atom is 0.251 e. The van der Waals surface area contributed by atoms with Crippen molar-refractivity contribution in [3.05, 3.63) is 72.1 Å². The lowest BCUT2D eigenvalue weighted by atomic mass is 10.1. The number of aromatic nitrogens is 2. The monoisotopic (exact) mass is 388 g/mol. The van der Waals surface area contributed by atoms with Gasteiger partial charge in [-0.05, 0) is 38.0 Å². The third kappa shape index (κ3) is 4.97. The summed E-state index contributed by atoms with van der Waals surface area (Å²) in [6.45, 7) is 3.19. The van der Waals surface area contributed by atoms with Crippen molar-refractivity contribution in [1.29, 1.82) is 0 Å². The molecule has 6 nitrogen and oxygen atoms in total. The number of aryl methyl sites for hydroxylation is 1. The first-order valence-corrected chi connectivity index (χ1v) is 9.85. The van der Waals surface area contributed by atoms with Crippen LogP contribution in [0.1, 0.15) is 29.0 Å². The summed E-state index contributed by atoms with van der Waals surface area (Å²) < 4.78 is 5.56. The SMILES string of the molecule is Cc1nc(Nc2cccc(C(=O)NCC3CCCO3)c2)cc(-c2ccccc2)n1. The Labute approximate surface area is 170 Å². The molecular formula is C23H24N4O2. The molecule has 1 fully saturated rings. The smallest absolute Gasteiger partial charge is 0.251 e. The number of hydrogen-bond donors (Lipinski definition) is 2. The molecule has 1 unspecified atom stereocenters. The molecule has 2 aromatic carbocycles. The van der Waals surface area contributed by atoms with E-state index in [0.29, 0.717) is 23.8 Å². The third-order valence-corrected chi connectivity index (χ3v) is 4.82. The van der Waals surface area contributed by atoms with Crippen LogP contribution in [-0.2, 0) is 4.74 Å². The lowest BCUT2D eigenvalue weighted by Gasteiger charge is -2.12. The number of carbonyl (C=O) groups is 1. The Morgan fingerprint density at radius 2 is 1.97 bits per heavy atom. The van der Waals surface area contributed by atoms with Crippen LogP contribution in [0.3, 0.4) is 0 Å². The lowest BCUT2D eigenvalue weighted by Crippen LogP contribution is -2.31. The van der Waals surface area contributed by atoms with Crippen LogP contribution < -0.4 is 10.6 Å². The van der Waals surface area contributed by atoms with Gasteiger partial charge in [-0.15, -0.1) is 0 Å². The summed E-state index contributed by atoms with van der Waals surface area (Å²) in [4.78, 5) is 21.5. The number of anilines is 2. The molecule has 1 aliphatic rings. The molecule has 0 bridgehead atoms. The molecule has 0 saturated carbocycles. The van der Waals surface area contributed by atoms with Gasteiger partial charge in [0.1, 0.15) is 11.6 Å². The van der Waals surface area contributed by atoms with E-state index in [-0.39, 0.29) is 12.0 Å². The van der Waals surface area contributed by atoms with Crippen LogP contribution in [0.5, 0.6) is 0 Å². The first-order valence-electron chi connectivity index (χ1n) is 9.85. The lowest BCUT2D eigenvalue weighted by molar-refractivity contribution is 0.0858. The minimum atomic E-state index is -0.104. The Balaban J connectivity index is 1.47. The molecule has 2 N–H and O–H groups in total. The standard InChI is InChI=1S/C23H24N4O2/c1-16-25-21(17-7-3-2-4-8-17)14-22(26-16)27-19-10-5-9-18(13-19)23(28)24-15-20-11-6-12-29-20/h2-5,7-10,13-14,20H,6,11-12,15H2,1H3,(H,24,28)(H,25,26,27). The molecule has 3 aromatic rings. The Morgan fingerprint density at radius 3 is 2.76 bits per heavy atom. The van der Waals surface area contributed by atoms with Gasteiger partial charge in [-0.1, -0.05) is 36.4 Å². The largest absolute Gasteiger partial charge is 0.376 e. The van der Waals surface area contributed by atoms with Gasteiger partial charge < -0.3 is 15.4 Å². The average Bonchev–Trinajstić information content (AvgIpc) is 3.26. The molecule has 1 amide bonds. The van der Waals surface area contributed by atoms with Gasteiger partial charge in [0.25, 0.3) is 5.91 Å². The van der Waals surface area contributed by atoms with Gasteiger partial charge in [0, 0.05) is 36.0 Å². The zero-order valence-electron chi connectivity index (χ0n) is 16.4. The first-order chi connectivity index (χ1) is 14.2. The zero-order valence-corrected chi connectivity index (χ0v) is 16.4. The molecule has 2 heterocycles. The van der Waals surface area contributed by atoms with E-state index in [2.05, 4.69) is 20.6 Å². The fourth-order valence-electron chi connectivity index (χ4n) is 3.39. The van der Waals surface area contributed by atoms with E-state index >= 15 is 0 Å². The molecule has 148 valence electrons. The average molecular weight is 388 g/mol. The van der Waals surface area contributed by atoms with Gasteiger partial charge >= 0.3 is 0 Å². The number of benzene rings is 2. The van der Waals surface area contributed by atoms with Crippen molar-refractivity contribution in [1.82, 2.24) is 15.3 Å². The highest BCUT2D eigenvalue weighted by Gasteiger charge is 2.16. The molecule has 0 radical (unpaired) electrons. The summed E-state index contributed by atoms with van der Waals surface area (Å²) in [5.74, 6) is 1.26. The summed E-state index contributed by atoms with van der Waals surface area (Å²) in [6, 6.07) is 19.3. The Kier molecular flexibility index (Phi) is 5.81. The van der Waals surface area contributed by atoms with Crippen LogP contribution in [0.2, 0.25) is 0 Å². The van der Waals surface area contributed by atoms with E-state index in [0.717, 1.165) is 36.4 Å². The molecule has 1 aromatic heterocycles. The maximum absolute atomic E-state index is 12.5. The summed E-state index contributed by atoms with van der Waals surface area (Å²) in [5.41, 5.74) is 3.28. The summed E-state index contributed by atoms with van der Waals surface area (Å²) in [5, 5.41) is 6.25. The number of ether oxygens (including phenoxy) is 1. The molecule has 6 heteroatoms. The Morgan fingerprint density at radius 1 is 1.10 bits per heavy atom. The Hall–Kier alpha value is -3.25. The van der Waals surface area contributed by atoms with Crippen LogP contribution in [-0.4, -0.2) is 35.1 Å². The van der Waals surface area contributed by atoms with E-state index in [4.69, 9.17) is 4.74 Å². The first kappa shape index (κ1) is 19.1. The molecular weight excluding hydrogens is 364 g/mol. The van der Waals surface area contributed by atoms with Crippen LogP contribution in [0, 0.1) is 6.92 Å². The highest BCUT2D eigenvalue weighted by Crippen LogP contribution is 2.22. The summed E-state index contributed by atoms with van der Waals surface area (Å²) in [6.07, 6.45) is 2.18. The van der Waals surface area contributed by atoms with E-state index in [9.17, 15) is 4.79 Å². The fourth-order valence-corrected chi connectivity index (χ4v) is 3.39. The Bertz CT molecular complexity index is 985. The molecule has 0 aliphatic carbocycles. The van der Waals surface area contributed by atoms with Gasteiger partial charge in [-0.3, -0.25) is 4.79 Å². The van der Waals surface area contributed by atoms with E-state index < -0.39 is 0 Å². The van der Waals surface area contributed by atoms with Gasteiger partial charge in [0.05, 0.1) is 11.8 Å². The molecule has 4 rings (SSSR count). The van der Waals surface area contributed by atoms with Crippen molar-refractivity contribution in [2.45, 2.75) is 25.9 Å². The number of rotatable bonds is 6. The molecule has 29 heavy (non-hydrogen) atoms. The zero-order chi connectivity index (χ0) is 20.1. The van der Waals surface area contributed by atoms with Gasteiger partial charge in [-0.2, -0.15) is 0 Å². The van der Waals surface area contributed by atoms with E-state index in [1.165, 1.54) is 0 Å². The van der Waals surface area contributed by atoms with Crippen molar-refractivity contribution < 1.29 is 9.53 Å². The third-order valence-electron chi connectivity index (χ3n) is 4.82. The predicted molar refractivity (Wildman–Crippen MR) is 113 cm³/mol. The summed E-state index contributed by atoms with van der Waals surface area (Å²) >= 11 is 0. The predicted octanol–water partition coefficient (Wildman–Crippen LogP) is 4.10. The number of carbonyl (C=O) groups excluding carboxylic acids is 1. The van der Waals surface area contributed by atoms with Crippen LogP contribution in [0.4, 0.5) is 11.5 Å². The number of hydrogen-bond acceptors (Lipinski definition) is 5. The topological polar surface area (TPSA) is 76.1 Å². The minimum absolute atomic E-state index is 0.104. The minimum Gasteiger partial charge on any atom is -0.376 e. The normalized spacial score (nSPS) is 15.8. The second kappa shape index (κ2) is 8.84. The van der Waals surface area contributed by atoms with Gasteiger partial charge in [-0.25, -0.2) is 9.97 Å². The number of amides is 1. The van der Waals surface area contributed by atoms with Crippen molar-refractivity contribution in [3.63, 3.8) is 0 Å². The molecule has 1 saturated heterocycles. The quantitative estimate of drug-likeness (QED) is 0.665. The number of nitrogens with one attached hydrogen (secondary N) is 2. The van der Waals surface area contributed by atoms with Crippen molar-refractivity contribution in [3.8, 4) is 11.3 Å². The highest BCUT2D eigenvalue weighted by atomic mass is 16.5. The number of nitrogens with zero attached hydrogens (tertiary/aromatic N) is 2. The molecule has 0 spiro atoms. The maximum atomic E-state index is 12.5. The fraction of sp³-hybridized carbons (Fsp3) is 0.261. The van der Waals surface area contributed by atoms with Crippen LogP contribution in [0.25, 0.3) is 11.3 Å². The van der Waals surface area contributed by atoms with Crippen LogP contribution in [0.15, 0.2) is 60.7 Å². The van der Waals surface area contributed by atoms with Crippen molar-refractivity contribution in [2.24, 2.45) is 0 Å². The van der Waals surface area contributed by atoms with Crippen molar-refractivity contribution >= 4 is 17.4 Å². The van der Waals surface area contributed by atoms with Gasteiger partial charge in [0.15, 0.2) is 0 Å². The van der Waals surface area contributed by atoms with Gasteiger partial charge in [0.2, 0.25) is 0 Å². The molecule has 1 aliphatic heterocycles. The second-order valence-corrected chi connectivity index (χ2v) is 7.10. The van der Waals surface area contributed by atoms with E-state index in [1.807, 2.05) is 61.5 Å². The molecule has 1 atom stereocenters. The second-order valence-electron chi connectivity index (χ2n) is 7.10. The summed E-state index contributed by atoms with van der Waals surface area (Å²) in [7, 11) is 0. The van der Waals surface area contributed by atoms with Crippen molar-refractivity contribution in [2.75, 3.05) is 18.5 Å². The highest BCUT2D eigenvalue weighted by molar-refractivity contribution is 5.95.